The molecular formula is C13H16N2O. The smallest absolute Gasteiger partial charge is 0.122 e. The molecule has 0 unspecified atom stereocenters. The van der Waals surface area contributed by atoms with Crippen molar-refractivity contribution in [2.45, 2.75) is 38.7 Å². The summed E-state index contributed by atoms with van der Waals surface area (Å²) < 4.78 is 5.85. The molecule has 16 heavy (non-hydrogen) atoms. The molecule has 2 aromatic rings. The van der Waals surface area contributed by atoms with Crippen molar-refractivity contribution < 1.29 is 4.74 Å². The third-order valence-corrected chi connectivity index (χ3v) is 3.01. The van der Waals surface area contributed by atoms with Gasteiger partial charge in [-0.3, -0.25) is 5.10 Å². The maximum Gasteiger partial charge on any atom is 0.122 e. The van der Waals surface area contributed by atoms with E-state index in [2.05, 4.69) is 30.1 Å². The highest BCUT2D eigenvalue weighted by Crippen LogP contribution is 2.32. The first-order valence-corrected chi connectivity index (χ1v) is 5.87. The number of nitrogens with zero attached hydrogens (tertiary/aromatic N) is 1. The third kappa shape index (κ3) is 1.66. The molecule has 0 saturated heterocycles. The van der Waals surface area contributed by atoms with E-state index < -0.39 is 0 Å². The van der Waals surface area contributed by atoms with Crippen molar-refractivity contribution in [3.8, 4) is 5.75 Å². The molecule has 3 nitrogen and oxygen atoms in total. The molecule has 1 fully saturated rings. The zero-order valence-corrected chi connectivity index (χ0v) is 9.66. The summed E-state index contributed by atoms with van der Waals surface area (Å²) in [5, 5.41) is 8.33. The predicted octanol–water partition coefficient (Wildman–Crippen LogP) is 3.23. The van der Waals surface area contributed by atoms with Crippen LogP contribution in [-0.2, 0) is 0 Å². The fourth-order valence-electron chi connectivity index (χ4n) is 1.98. The number of aromatic nitrogens is 2. The molecule has 0 amide bonds. The predicted molar refractivity (Wildman–Crippen MR) is 63.8 cm³/mol. The summed E-state index contributed by atoms with van der Waals surface area (Å²) in [6, 6.07) is 4.20. The molecule has 3 heteroatoms. The normalized spacial score (nSPS) is 15.9. The average molecular weight is 216 g/mol. The molecule has 0 spiro atoms. The number of H-pyrrole nitrogens is 1. The second kappa shape index (κ2) is 3.51. The Morgan fingerprint density at radius 2 is 2.19 bits per heavy atom. The molecule has 1 N–H and O–H groups in total. The number of nitrogens with one attached hydrogen (secondary N) is 1. The van der Waals surface area contributed by atoms with Crippen LogP contribution in [0.25, 0.3) is 10.9 Å². The summed E-state index contributed by atoms with van der Waals surface area (Å²) in [5.74, 6) is 1.46. The zero-order valence-electron chi connectivity index (χ0n) is 9.66. The van der Waals surface area contributed by atoms with Gasteiger partial charge in [0.25, 0.3) is 0 Å². The van der Waals surface area contributed by atoms with Crippen LogP contribution in [0.15, 0.2) is 18.3 Å². The number of ether oxygens (including phenoxy) is 1. The first kappa shape index (κ1) is 9.70. The van der Waals surface area contributed by atoms with Crippen LogP contribution in [0.2, 0.25) is 0 Å². The lowest BCUT2D eigenvalue weighted by molar-refractivity contribution is 0.303. The third-order valence-electron chi connectivity index (χ3n) is 3.01. The minimum atomic E-state index is 0.445. The Hall–Kier alpha value is -1.51. The molecule has 1 aromatic carbocycles. The monoisotopic (exact) mass is 216 g/mol. The minimum Gasteiger partial charge on any atom is -0.490 e. The van der Waals surface area contributed by atoms with Crippen LogP contribution in [0.1, 0.15) is 38.2 Å². The SMILES string of the molecule is CC(C)c1cc(OC2CC2)cc2[nH]ncc12. The van der Waals surface area contributed by atoms with E-state index >= 15 is 0 Å². The van der Waals surface area contributed by atoms with Crippen molar-refractivity contribution >= 4 is 10.9 Å². The molecule has 0 bridgehead atoms. The Bertz CT molecular complexity index is 512. The van der Waals surface area contributed by atoms with Gasteiger partial charge >= 0.3 is 0 Å². The van der Waals surface area contributed by atoms with Crippen LogP contribution in [0, 0.1) is 0 Å². The van der Waals surface area contributed by atoms with Crippen molar-refractivity contribution in [3.05, 3.63) is 23.9 Å². The molecule has 0 atom stereocenters. The van der Waals surface area contributed by atoms with Gasteiger partial charge in [-0.1, -0.05) is 13.8 Å². The van der Waals surface area contributed by atoms with E-state index in [-0.39, 0.29) is 0 Å². The van der Waals surface area contributed by atoms with Gasteiger partial charge < -0.3 is 4.74 Å². The molecule has 84 valence electrons. The Morgan fingerprint density at radius 3 is 2.88 bits per heavy atom. The first-order chi connectivity index (χ1) is 7.74. The zero-order chi connectivity index (χ0) is 11.1. The van der Waals surface area contributed by atoms with E-state index in [9.17, 15) is 0 Å². The maximum absolute atomic E-state index is 5.85. The highest BCUT2D eigenvalue weighted by atomic mass is 16.5. The van der Waals surface area contributed by atoms with Crippen LogP contribution in [0.5, 0.6) is 5.75 Å². The molecule has 1 heterocycles. The summed E-state index contributed by atoms with van der Waals surface area (Å²) in [4.78, 5) is 0. The average Bonchev–Trinajstić information content (AvgIpc) is 2.93. The van der Waals surface area contributed by atoms with Crippen molar-refractivity contribution in [1.29, 1.82) is 0 Å². The second-order valence-electron chi connectivity index (χ2n) is 4.82. The first-order valence-electron chi connectivity index (χ1n) is 5.87. The molecular weight excluding hydrogens is 200 g/mol. The Kier molecular flexibility index (Phi) is 2.13. The van der Waals surface area contributed by atoms with Gasteiger partial charge in [0.1, 0.15) is 5.75 Å². The van der Waals surface area contributed by atoms with Gasteiger partial charge in [0.2, 0.25) is 0 Å². The number of benzene rings is 1. The number of hydrogen-bond donors (Lipinski definition) is 1. The van der Waals surface area contributed by atoms with Crippen LogP contribution < -0.4 is 4.74 Å². The van der Waals surface area contributed by atoms with E-state index in [1.807, 2.05) is 12.3 Å². The lowest BCUT2D eigenvalue weighted by Gasteiger charge is -2.11. The van der Waals surface area contributed by atoms with Gasteiger partial charge in [-0.25, -0.2) is 0 Å². The van der Waals surface area contributed by atoms with Gasteiger partial charge in [0.05, 0.1) is 17.8 Å². The topological polar surface area (TPSA) is 37.9 Å². The molecule has 1 aliphatic rings. The summed E-state index contributed by atoms with van der Waals surface area (Å²) >= 11 is 0. The van der Waals surface area contributed by atoms with E-state index in [0.717, 1.165) is 11.3 Å². The Balaban J connectivity index is 2.08. The Labute approximate surface area is 94.8 Å². The molecule has 1 aromatic heterocycles. The Morgan fingerprint density at radius 1 is 1.38 bits per heavy atom. The van der Waals surface area contributed by atoms with E-state index in [1.165, 1.54) is 23.8 Å². The van der Waals surface area contributed by atoms with E-state index in [4.69, 9.17) is 4.74 Å². The molecule has 0 radical (unpaired) electrons. The lowest BCUT2D eigenvalue weighted by atomic mass is 9.99. The lowest BCUT2D eigenvalue weighted by Crippen LogP contribution is -1.97. The van der Waals surface area contributed by atoms with Crippen LogP contribution in [0.4, 0.5) is 0 Å². The summed E-state index contributed by atoms with van der Waals surface area (Å²) in [6.45, 7) is 4.39. The van der Waals surface area contributed by atoms with E-state index in [1.54, 1.807) is 0 Å². The number of aromatic amines is 1. The fraction of sp³-hybridized carbons (Fsp3) is 0.462. The van der Waals surface area contributed by atoms with Crippen molar-refractivity contribution in [1.82, 2.24) is 10.2 Å². The van der Waals surface area contributed by atoms with Gasteiger partial charge in [-0.05, 0) is 30.4 Å². The number of hydrogen-bond acceptors (Lipinski definition) is 2. The number of fused-ring (bicyclic) bond motifs is 1. The fourth-order valence-corrected chi connectivity index (χ4v) is 1.98. The van der Waals surface area contributed by atoms with Gasteiger partial charge in [-0.2, -0.15) is 5.10 Å². The molecule has 3 rings (SSSR count). The van der Waals surface area contributed by atoms with Gasteiger partial charge in [-0.15, -0.1) is 0 Å². The molecule has 1 saturated carbocycles. The van der Waals surface area contributed by atoms with Crippen LogP contribution in [0.3, 0.4) is 0 Å². The molecule has 0 aliphatic heterocycles. The largest absolute Gasteiger partial charge is 0.490 e. The number of rotatable bonds is 3. The van der Waals surface area contributed by atoms with Gasteiger partial charge in [0.15, 0.2) is 0 Å². The van der Waals surface area contributed by atoms with E-state index in [0.29, 0.717) is 12.0 Å². The minimum absolute atomic E-state index is 0.445. The quantitative estimate of drug-likeness (QED) is 0.855. The van der Waals surface area contributed by atoms with Crippen LogP contribution in [-0.4, -0.2) is 16.3 Å². The summed E-state index contributed by atoms with van der Waals surface area (Å²) in [6.07, 6.45) is 4.72. The second-order valence-corrected chi connectivity index (χ2v) is 4.82. The van der Waals surface area contributed by atoms with Crippen molar-refractivity contribution in [2.24, 2.45) is 0 Å². The highest BCUT2D eigenvalue weighted by molar-refractivity contribution is 5.83. The summed E-state index contributed by atoms with van der Waals surface area (Å²) in [7, 11) is 0. The van der Waals surface area contributed by atoms with Gasteiger partial charge in [0, 0.05) is 11.5 Å². The van der Waals surface area contributed by atoms with Crippen molar-refractivity contribution in [2.75, 3.05) is 0 Å². The summed E-state index contributed by atoms with van der Waals surface area (Å²) in [5.41, 5.74) is 2.38. The van der Waals surface area contributed by atoms with Crippen molar-refractivity contribution in [3.63, 3.8) is 0 Å². The highest BCUT2D eigenvalue weighted by Gasteiger charge is 2.24. The maximum atomic E-state index is 5.85. The molecule has 1 aliphatic carbocycles. The standard InChI is InChI=1S/C13H16N2O/c1-8(2)11-5-10(16-9-3-4-9)6-13-12(11)7-14-15-13/h5-9H,3-4H2,1-2H3,(H,14,15). The van der Waals surface area contributed by atoms with Crippen LogP contribution >= 0.6 is 0 Å².